The third-order valence-corrected chi connectivity index (χ3v) is 3.88. The third kappa shape index (κ3) is 2.51. The summed E-state index contributed by atoms with van der Waals surface area (Å²) in [6.45, 7) is 4.73. The van der Waals surface area contributed by atoms with E-state index in [0.717, 1.165) is 25.3 Å². The van der Waals surface area contributed by atoms with Crippen molar-refractivity contribution in [1.82, 2.24) is 24.2 Å². The van der Waals surface area contributed by atoms with E-state index in [1.54, 1.807) is 17.8 Å². The highest BCUT2D eigenvalue weighted by molar-refractivity contribution is 5.01. The van der Waals surface area contributed by atoms with Crippen LogP contribution in [-0.4, -0.2) is 37.3 Å². The van der Waals surface area contributed by atoms with Gasteiger partial charge in [0.1, 0.15) is 5.82 Å². The molecule has 0 aromatic carbocycles. The summed E-state index contributed by atoms with van der Waals surface area (Å²) in [6.07, 6.45) is 6.65. The van der Waals surface area contributed by atoms with E-state index in [4.69, 9.17) is 0 Å². The normalized spacial score (nSPS) is 19.6. The van der Waals surface area contributed by atoms with E-state index in [2.05, 4.69) is 28.1 Å². The monoisotopic (exact) mass is 273 g/mol. The van der Waals surface area contributed by atoms with Gasteiger partial charge in [0.05, 0.1) is 18.8 Å². The van der Waals surface area contributed by atoms with E-state index < -0.39 is 0 Å². The number of nitrogens with zero attached hydrogens (tertiary/aromatic N) is 5. The van der Waals surface area contributed by atoms with Gasteiger partial charge in [-0.25, -0.2) is 4.98 Å². The first kappa shape index (κ1) is 13.1. The Morgan fingerprint density at radius 2 is 2.30 bits per heavy atom. The van der Waals surface area contributed by atoms with Gasteiger partial charge in [0.15, 0.2) is 0 Å². The van der Waals surface area contributed by atoms with Crippen LogP contribution in [0.15, 0.2) is 29.5 Å². The molecule has 0 spiro atoms. The summed E-state index contributed by atoms with van der Waals surface area (Å²) in [5, 5.41) is 4.39. The van der Waals surface area contributed by atoms with Crippen molar-refractivity contribution in [2.45, 2.75) is 25.9 Å². The van der Waals surface area contributed by atoms with Gasteiger partial charge in [0.2, 0.25) is 0 Å². The highest BCUT2D eigenvalue weighted by Crippen LogP contribution is 2.22. The molecule has 0 aliphatic carbocycles. The standard InChI is InChI=1S/C14H19N5O/c1-11-7-16-19(8-11)12-4-6-18(9-12)10-13-15-5-3-14(20)17(13)2/h3,5,7-8,12H,4,6,9-10H2,1-2H3. The fourth-order valence-electron chi connectivity index (χ4n) is 2.66. The Labute approximate surface area is 117 Å². The molecule has 2 aromatic heterocycles. The lowest BCUT2D eigenvalue weighted by Gasteiger charge is -2.17. The van der Waals surface area contributed by atoms with Gasteiger partial charge < -0.3 is 0 Å². The Morgan fingerprint density at radius 1 is 1.45 bits per heavy atom. The maximum Gasteiger partial charge on any atom is 0.253 e. The fraction of sp³-hybridized carbons (Fsp3) is 0.500. The minimum absolute atomic E-state index is 0.00607. The summed E-state index contributed by atoms with van der Waals surface area (Å²) in [4.78, 5) is 18.2. The van der Waals surface area contributed by atoms with E-state index in [0.29, 0.717) is 12.6 Å². The van der Waals surface area contributed by atoms with Crippen LogP contribution in [0.25, 0.3) is 0 Å². The van der Waals surface area contributed by atoms with E-state index in [1.807, 2.05) is 10.9 Å². The van der Waals surface area contributed by atoms with Crippen molar-refractivity contribution in [1.29, 1.82) is 0 Å². The van der Waals surface area contributed by atoms with Gasteiger partial charge in [-0.1, -0.05) is 0 Å². The second-order valence-electron chi connectivity index (χ2n) is 5.43. The van der Waals surface area contributed by atoms with Gasteiger partial charge in [0, 0.05) is 38.6 Å². The van der Waals surface area contributed by atoms with Gasteiger partial charge in [0.25, 0.3) is 5.56 Å². The van der Waals surface area contributed by atoms with Crippen LogP contribution >= 0.6 is 0 Å². The molecule has 3 heterocycles. The Morgan fingerprint density at radius 3 is 3.05 bits per heavy atom. The molecule has 106 valence electrons. The number of hydrogen-bond donors (Lipinski definition) is 0. The maximum absolute atomic E-state index is 11.6. The largest absolute Gasteiger partial charge is 0.299 e. The molecule has 0 saturated carbocycles. The van der Waals surface area contributed by atoms with Crippen molar-refractivity contribution in [3.8, 4) is 0 Å². The Hall–Kier alpha value is -1.95. The molecule has 6 heteroatoms. The van der Waals surface area contributed by atoms with Crippen LogP contribution in [0.5, 0.6) is 0 Å². The molecule has 1 saturated heterocycles. The molecule has 6 nitrogen and oxygen atoms in total. The second-order valence-corrected chi connectivity index (χ2v) is 5.43. The van der Waals surface area contributed by atoms with Crippen LogP contribution in [0.1, 0.15) is 23.9 Å². The summed E-state index contributed by atoms with van der Waals surface area (Å²) in [5.41, 5.74) is 1.18. The summed E-state index contributed by atoms with van der Waals surface area (Å²) < 4.78 is 3.66. The zero-order valence-electron chi connectivity index (χ0n) is 11.9. The molecule has 0 radical (unpaired) electrons. The highest BCUT2D eigenvalue weighted by Gasteiger charge is 2.25. The fourth-order valence-corrected chi connectivity index (χ4v) is 2.66. The number of likely N-dealkylation sites (tertiary alicyclic amines) is 1. The maximum atomic E-state index is 11.6. The highest BCUT2D eigenvalue weighted by atomic mass is 16.1. The smallest absolute Gasteiger partial charge is 0.253 e. The first-order valence-corrected chi connectivity index (χ1v) is 6.87. The Bertz CT molecular complexity index is 660. The van der Waals surface area contributed by atoms with Crippen LogP contribution in [0.3, 0.4) is 0 Å². The molecule has 0 N–H and O–H groups in total. The quantitative estimate of drug-likeness (QED) is 0.827. The van der Waals surface area contributed by atoms with E-state index in [9.17, 15) is 4.79 Å². The molecule has 1 atom stereocenters. The molecule has 20 heavy (non-hydrogen) atoms. The van der Waals surface area contributed by atoms with Gasteiger partial charge in [-0.15, -0.1) is 0 Å². The molecule has 1 fully saturated rings. The van der Waals surface area contributed by atoms with Gasteiger partial charge in [-0.3, -0.25) is 18.9 Å². The van der Waals surface area contributed by atoms with Crippen molar-refractivity contribution in [3.63, 3.8) is 0 Å². The average Bonchev–Trinajstić information content (AvgIpc) is 3.04. The average molecular weight is 273 g/mol. The zero-order chi connectivity index (χ0) is 14.1. The lowest BCUT2D eigenvalue weighted by Crippen LogP contribution is -2.28. The molecule has 1 aliphatic rings. The number of aromatic nitrogens is 4. The molecular formula is C14H19N5O. The first-order chi connectivity index (χ1) is 9.63. The molecule has 2 aromatic rings. The van der Waals surface area contributed by atoms with Crippen LogP contribution in [0, 0.1) is 6.92 Å². The van der Waals surface area contributed by atoms with Crippen LogP contribution in [-0.2, 0) is 13.6 Å². The van der Waals surface area contributed by atoms with Crippen LogP contribution in [0.2, 0.25) is 0 Å². The van der Waals surface area contributed by atoms with Crippen molar-refractivity contribution in [2.75, 3.05) is 13.1 Å². The van der Waals surface area contributed by atoms with Gasteiger partial charge in [-0.2, -0.15) is 5.10 Å². The minimum Gasteiger partial charge on any atom is -0.299 e. The topological polar surface area (TPSA) is 56.0 Å². The molecule has 1 aliphatic heterocycles. The molecule has 1 unspecified atom stereocenters. The molecule has 0 amide bonds. The SMILES string of the molecule is Cc1cnn(C2CCN(Cc3nccc(=O)n3C)C2)c1. The molecular weight excluding hydrogens is 254 g/mol. The van der Waals surface area contributed by atoms with Gasteiger partial charge in [-0.05, 0) is 18.9 Å². The lowest BCUT2D eigenvalue weighted by molar-refractivity contribution is 0.298. The molecule has 0 bridgehead atoms. The second kappa shape index (κ2) is 5.20. The Balaban J connectivity index is 1.69. The molecule has 3 rings (SSSR count). The van der Waals surface area contributed by atoms with E-state index >= 15 is 0 Å². The zero-order valence-corrected chi connectivity index (χ0v) is 11.9. The third-order valence-electron chi connectivity index (χ3n) is 3.88. The van der Waals surface area contributed by atoms with Crippen LogP contribution in [0.4, 0.5) is 0 Å². The summed E-state index contributed by atoms with van der Waals surface area (Å²) in [6, 6.07) is 1.91. The summed E-state index contributed by atoms with van der Waals surface area (Å²) >= 11 is 0. The summed E-state index contributed by atoms with van der Waals surface area (Å²) in [7, 11) is 1.77. The predicted molar refractivity (Wildman–Crippen MR) is 75.4 cm³/mol. The van der Waals surface area contributed by atoms with Gasteiger partial charge >= 0.3 is 0 Å². The number of aryl methyl sites for hydroxylation is 1. The minimum atomic E-state index is -0.00607. The van der Waals surface area contributed by atoms with Crippen molar-refractivity contribution in [3.05, 3.63) is 46.4 Å². The predicted octanol–water partition coefficient (Wildman–Crippen LogP) is 0.732. The van der Waals surface area contributed by atoms with E-state index in [-0.39, 0.29) is 5.56 Å². The lowest BCUT2D eigenvalue weighted by atomic mass is 10.3. The van der Waals surface area contributed by atoms with Crippen molar-refractivity contribution >= 4 is 0 Å². The Kier molecular flexibility index (Phi) is 3.40. The number of hydrogen-bond acceptors (Lipinski definition) is 4. The van der Waals surface area contributed by atoms with Crippen molar-refractivity contribution < 1.29 is 0 Å². The van der Waals surface area contributed by atoms with Crippen molar-refractivity contribution in [2.24, 2.45) is 7.05 Å². The summed E-state index contributed by atoms with van der Waals surface area (Å²) in [5.74, 6) is 0.815. The van der Waals surface area contributed by atoms with Crippen LogP contribution < -0.4 is 5.56 Å². The number of rotatable bonds is 3. The van der Waals surface area contributed by atoms with E-state index in [1.165, 1.54) is 11.6 Å². The first-order valence-electron chi connectivity index (χ1n) is 6.87.